The van der Waals surface area contributed by atoms with Crippen LogP contribution >= 0.6 is 0 Å². The summed E-state index contributed by atoms with van der Waals surface area (Å²) in [5.74, 6) is 0.512. The molecule has 0 bridgehead atoms. The molecule has 0 atom stereocenters. The lowest BCUT2D eigenvalue weighted by molar-refractivity contribution is 0.566. The molecule has 0 fully saturated rings. The van der Waals surface area contributed by atoms with E-state index in [1.54, 1.807) is 6.20 Å². The summed E-state index contributed by atoms with van der Waals surface area (Å²) < 4.78 is 3.91. The van der Waals surface area contributed by atoms with E-state index in [1.807, 2.05) is 33.4 Å². The van der Waals surface area contributed by atoms with Crippen molar-refractivity contribution in [3.63, 3.8) is 0 Å². The molecule has 0 amide bonds. The van der Waals surface area contributed by atoms with Gasteiger partial charge in [0, 0.05) is 35.3 Å². The number of pyridine rings is 1. The molecule has 0 radical (unpaired) electrons. The third-order valence-corrected chi connectivity index (χ3v) is 6.04. The number of aromatic nitrogens is 7. The monoisotopic (exact) mass is 445 g/mol. The molecule has 33 heavy (non-hydrogen) atoms. The average Bonchev–Trinajstić information content (AvgIpc) is 3.45. The van der Waals surface area contributed by atoms with Crippen molar-refractivity contribution in [2.24, 2.45) is 0 Å². The van der Waals surface area contributed by atoms with Gasteiger partial charge < -0.3 is 0 Å². The van der Waals surface area contributed by atoms with Crippen molar-refractivity contribution in [3.8, 4) is 22.6 Å². The van der Waals surface area contributed by atoms with Gasteiger partial charge in [-0.3, -0.25) is 14.1 Å². The number of nitrogens with zero attached hydrogens (tertiary/aromatic N) is 6. The molecule has 0 aliphatic heterocycles. The zero-order valence-electron chi connectivity index (χ0n) is 19.6. The van der Waals surface area contributed by atoms with Crippen molar-refractivity contribution in [2.75, 3.05) is 0 Å². The largest absolute Gasteiger partial charge is 0.328 e. The van der Waals surface area contributed by atoms with Crippen LogP contribution in [-0.2, 0) is 19.5 Å². The number of hydrogen-bond acceptors (Lipinski definition) is 5. The molecule has 8 nitrogen and oxygen atoms in total. The highest BCUT2D eigenvalue weighted by Gasteiger charge is 2.17. The number of H-pyrrole nitrogens is 1. The summed E-state index contributed by atoms with van der Waals surface area (Å²) in [6.07, 6.45) is 6.99. The standard InChI is InChI=1S/C25H31N7O/c1-4-6-7-16-31-18(3)22(9-5-2)32(25(31)33)17-19-11-13-20(14-12-19)23-21(10-8-15-26-23)24-27-29-30-28-24/h8,10-15H,4-7,9,16-17H2,1-3H3,(H,27,28,29,30). The van der Waals surface area contributed by atoms with Crippen LogP contribution in [0.4, 0.5) is 0 Å². The molecule has 1 N–H and O–H groups in total. The number of hydrogen-bond donors (Lipinski definition) is 1. The van der Waals surface area contributed by atoms with Crippen LogP contribution in [0, 0.1) is 6.92 Å². The van der Waals surface area contributed by atoms with E-state index in [9.17, 15) is 4.79 Å². The number of aromatic amines is 1. The highest BCUT2D eigenvalue weighted by atomic mass is 16.1. The fourth-order valence-corrected chi connectivity index (χ4v) is 4.30. The summed E-state index contributed by atoms with van der Waals surface area (Å²) in [5, 5.41) is 14.3. The maximum Gasteiger partial charge on any atom is 0.328 e. The number of imidazole rings is 1. The molecule has 4 aromatic rings. The number of unbranched alkanes of at least 4 members (excludes halogenated alkanes) is 2. The Kier molecular flexibility index (Phi) is 7.12. The highest BCUT2D eigenvalue weighted by Crippen LogP contribution is 2.27. The molecule has 3 heterocycles. The van der Waals surface area contributed by atoms with Crippen LogP contribution in [0.2, 0.25) is 0 Å². The Bertz CT molecular complexity index is 1240. The predicted octanol–water partition coefficient (Wildman–Crippen LogP) is 4.39. The smallest absolute Gasteiger partial charge is 0.296 e. The third kappa shape index (κ3) is 4.79. The lowest BCUT2D eigenvalue weighted by Crippen LogP contribution is -2.26. The lowest BCUT2D eigenvalue weighted by atomic mass is 10.0. The fraction of sp³-hybridized carbons (Fsp3) is 0.400. The topological polar surface area (TPSA) is 94.3 Å². The van der Waals surface area contributed by atoms with E-state index < -0.39 is 0 Å². The van der Waals surface area contributed by atoms with E-state index >= 15 is 0 Å². The Morgan fingerprint density at radius 1 is 1.00 bits per heavy atom. The molecule has 3 aromatic heterocycles. The first-order chi connectivity index (χ1) is 16.1. The average molecular weight is 446 g/mol. The molecule has 8 heteroatoms. The minimum Gasteiger partial charge on any atom is -0.296 e. The van der Waals surface area contributed by atoms with Crippen molar-refractivity contribution in [3.05, 3.63) is 70.0 Å². The van der Waals surface area contributed by atoms with E-state index in [2.05, 4.69) is 58.5 Å². The summed E-state index contributed by atoms with van der Waals surface area (Å²) in [6, 6.07) is 12.0. The van der Waals surface area contributed by atoms with Crippen molar-refractivity contribution >= 4 is 0 Å². The normalized spacial score (nSPS) is 11.2. The van der Waals surface area contributed by atoms with Gasteiger partial charge in [-0.15, -0.1) is 10.2 Å². The molecule has 0 unspecified atom stereocenters. The first kappa shape index (κ1) is 22.6. The van der Waals surface area contributed by atoms with Gasteiger partial charge >= 0.3 is 5.69 Å². The first-order valence-corrected chi connectivity index (χ1v) is 11.7. The number of rotatable bonds is 10. The lowest BCUT2D eigenvalue weighted by Gasteiger charge is -2.09. The van der Waals surface area contributed by atoms with Gasteiger partial charge in [0.15, 0.2) is 0 Å². The number of benzene rings is 1. The SMILES string of the molecule is CCCCCn1c(C)c(CCC)n(Cc2ccc(-c3ncccc3-c3nn[nH]n3)cc2)c1=O. The molecule has 0 saturated carbocycles. The molecule has 172 valence electrons. The molecule has 4 rings (SSSR count). The Labute approximate surface area is 193 Å². The molecule has 0 aliphatic rings. The molecule has 1 aromatic carbocycles. The maximum atomic E-state index is 13.2. The van der Waals surface area contributed by atoms with Crippen LogP contribution in [0.1, 0.15) is 56.5 Å². The molecule has 0 aliphatic carbocycles. The Balaban J connectivity index is 1.62. The summed E-state index contributed by atoms with van der Waals surface area (Å²) in [6.45, 7) is 7.78. The molecular formula is C25H31N7O. The number of tetrazole rings is 1. The van der Waals surface area contributed by atoms with Gasteiger partial charge in [-0.2, -0.15) is 5.21 Å². The second-order valence-corrected chi connectivity index (χ2v) is 8.34. The third-order valence-electron chi connectivity index (χ3n) is 6.04. The van der Waals surface area contributed by atoms with Crippen LogP contribution in [-0.4, -0.2) is 34.7 Å². The second-order valence-electron chi connectivity index (χ2n) is 8.34. The molecular weight excluding hydrogens is 414 g/mol. The molecule has 0 saturated heterocycles. The highest BCUT2D eigenvalue weighted by molar-refractivity contribution is 5.76. The van der Waals surface area contributed by atoms with Gasteiger partial charge in [0.2, 0.25) is 5.82 Å². The van der Waals surface area contributed by atoms with Crippen LogP contribution in [0.3, 0.4) is 0 Å². The summed E-state index contributed by atoms with van der Waals surface area (Å²) in [5.41, 5.74) is 6.02. The van der Waals surface area contributed by atoms with Crippen LogP contribution in [0.25, 0.3) is 22.6 Å². The Morgan fingerprint density at radius 3 is 2.52 bits per heavy atom. The minimum atomic E-state index is 0.0975. The van der Waals surface area contributed by atoms with Gasteiger partial charge in [0.05, 0.1) is 12.2 Å². The van der Waals surface area contributed by atoms with Gasteiger partial charge in [-0.25, -0.2) is 4.79 Å². The Morgan fingerprint density at radius 2 is 1.82 bits per heavy atom. The van der Waals surface area contributed by atoms with Crippen molar-refractivity contribution in [1.29, 1.82) is 0 Å². The summed E-state index contributed by atoms with van der Waals surface area (Å²) in [7, 11) is 0. The van der Waals surface area contributed by atoms with Crippen LogP contribution in [0.15, 0.2) is 47.4 Å². The second kappa shape index (κ2) is 10.4. The van der Waals surface area contributed by atoms with Crippen LogP contribution in [0.5, 0.6) is 0 Å². The first-order valence-electron chi connectivity index (χ1n) is 11.7. The van der Waals surface area contributed by atoms with Crippen molar-refractivity contribution < 1.29 is 0 Å². The van der Waals surface area contributed by atoms with E-state index in [4.69, 9.17) is 0 Å². The predicted molar refractivity (Wildman–Crippen MR) is 129 cm³/mol. The molecule has 0 spiro atoms. The van der Waals surface area contributed by atoms with E-state index in [0.29, 0.717) is 12.4 Å². The van der Waals surface area contributed by atoms with Gasteiger partial charge in [0.25, 0.3) is 0 Å². The van der Waals surface area contributed by atoms with Crippen molar-refractivity contribution in [2.45, 2.75) is 66.0 Å². The zero-order valence-corrected chi connectivity index (χ0v) is 19.6. The van der Waals surface area contributed by atoms with Gasteiger partial charge in [-0.1, -0.05) is 57.4 Å². The van der Waals surface area contributed by atoms with Crippen LogP contribution < -0.4 is 5.69 Å². The number of nitrogens with one attached hydrogen (secondary N) is 1. The van der Waals surface area contributed by atoms with Gasteiger partial charge in [0.1, 0.15) is 0 Å². The van der Waals surface area contributed by atoms with E-state index in [1.165, 1.54) is 0 Å². The van der Waals surface area contributed by atoms with E-state index in [-0.39, 0.29) is 5.69 Å². The fourth-order valence-electron chi connectivity index (χ4n) is 4.30. The maximum absolute atomic E-state index is 13.2. The zero-order chi connectivity index (χ0) is 23.2. The quantitative estimate of drug-likeness (QED) is 0.365. The summed E-state index contributed by atoms with van der Waals surface area (Å²) >= 11 is 0. The Hall–Kier alpha value is -3.55. The summed E-state index contributed by atoms with van der Waals surface area (Å²) in [4.78, 5) is 17.8. The van der Waals surface area contributed by atoms with Gasteiger partial charge in [-0.05, 0) is 42.7 Å². The van der Waals surface area contributed by atoms with E-state index in [0.717, 1.165) is 72.4 Å². The van der Waals surface area contributed by atoms with Crippen molar-refractivity contribution in [1.82, 2.24) is 34.7 Å². The minimum absolute atomic E-state index is 0.0975.